The third-order valence-corrected chi connectivity index (χ3v) is 6.57. The second kappa shape index (κ2) is 8.36. The number of aromatic nitrogens is 1. The number of aliphatic hydroxyl groups is 1. The van der Waals surface area contributed by atoms with E-state index in [9.17, 15) is 14.8 Å². The number of allylic oxidation sites excluding steroid dienone is 1. The number of pyridine rings is 1. The van der Waals surface area contributed by atoms with E-state index in [0.717, 1.165) is 10.8 Å². The van der Waals surface area contributed by atoms with E-state index in [4.69, 9.17) is 0 Å². The molecule has 4 aromatic rings. The largest absolute Gasteiger partial charge is 0.362 e. The first-order valence-electron chi connectivity index (χ1n) is 10.6. The summed E-state index contributed by atoms with van der Waals surface area (Å²) in [5.74, 6) is -0.949. The molecule has 0 bridgehead atoms. The average molecular weight is 455 g/mol. The molecule has 1 aromatic heterocycles. The van der Waals surface area contributed by atoms with Crippen LogP contribution < -0.4 is 9.88 Å². The van der Waals surface area contributed by atoms with Gasteiger partial charge in [-0.25, -0.2) is 4.39 Å². The second-order valence-electron chi connectivity index (χ2n) is 8.13. The third kappa shape index (κ3) is 3.66. The Morgan fingerprint density at radius 3 is 2.30 bits per heavy atom. The molecule has 0 saturated carbocycles. The van der Waals surface area contributed by atoms with Crippen molar-refractivity contribution in [3.8, 4) is 6.07 Å². The number of hydrogen-bond acceptors (Lipinski definition) is 4. The summed E-state index contributed by atoms with van der Waals surface area (Å²) in [6, 6.07) is 26.8. The summed E-state index contributed by atoms with van der Waals surface area (Å²) in [6.45, 7) is 0. The van der Waals surface area contributed by atoms with Crippen LogP contribution in [0, 0.1) is 17.1 Å². The molecule has 0 saturated heterocycles. The zero-order valence-corrected chi connectivity index (χ0v) is 18.5. The SMILES string of the molecule is N#CC1=C(S)N[C@](O)(c2ccccc2)[C@@H]([n+]2ccc3ccccc3c2)[C@@H]1c1ccc(F)cc1. The fourth-order valence-electron chi connectivity index (χ4n) is 4.66. The number of nitrogens with one attached hydrogen (secondary N) is 1. The van der Waals surface area contributed by atoms with Crippen LogP contribution in [0.15, 0.2) is 108 Å². The number of halogens is 1. The fourth-order valence-corrected chi connectivity index (χ4v) is 5.02. The number of thiol groups is 1. The van der Waals surface area contributed by atoms with Crippen LogP contribution in [0.2, 0.25) is 0 Å². The average Bonchev–Trinajstić information content (AvgIpc) is 2.84. The first kappa shape index (κ1) is 21.2. The van der Waals surface area contributed by atoms with Gasteiger partial charge < -0.3 is 10.4 Å². The summed E-state index contributed by atoms with van der Waals surface area (Å²) < 4.78 is 15.7. The lowest BCUT2D eigenvalue weighted by Crippen LogP contribution is -2.62. The van der Waals surface area contributed by atoms with Crippen LogP contribution in [0.25, 0.3) is 10.8 Å². The summed E-state index contributed by atoms with van der Waals surface area (Å²) in [6.07, 6.45) is 3.86. The van der Waals surface area contributed by atoms with Crippen molar-refractivity contribution in [2.75, 3.05) is 0 Å². The third-order valence-electron chi connectivity index (χ3n) is 6.21. The molecule has 0 unspecified atom stereocenters. The topological polar surface area (TPSA) is 59.9 Å². The van der Waals surface area contributed by atoms with Gasteiger partial charge in [-0.3, -0.25) is 0 Å². The van der Waals surface area contributed by atoms with Gasteiger partial charge in [-0.05, 0) is 29.1 Å². The minimum atomic E-state index is -1.59. The van der Waals surface area contributed by atoms with E-state index in [2.05, 4.69) is 24.0 Å². The van der Waals surface area contributed by atoms with Gasteiger partial charge in [-0.15, -0.1) is 12.6 Å². The van der Waals surface area contributed by atoms with Crippen LogP contribution in [0.4, 0.5) is 4.39 Å². The summed E-state index contributed by atoms with van der Waals surface area (Å²) in [5.41, 5.74) is 0.119. The fraction of sp³-hybridized carbons (Fsp3) is 0.111. The lowest BCUT2D eigenvalue weighted by molar-refractivity contribution is -0.742. The molecule has 3 atom stereocenters. The molecule has 0 spiro atoms. The summed E-state index contributed by atoms with van der Waals surface area (Å²) in [7, 11) is 0. The molecule has 1 aliphatic heterocycles. The van der Waals surface area contributed by atoms with Crippen molar-refractivity contribution in [2.24, 2.45) is 0 Å². The highest BCUT2D eigenvalue weighted by Crippen LogP contribution is 2.47. The van der Waals surface area contributed by atoms with Gasteiger partial charge in [0.2, 0.25) is 11.8 Å². The minimum Gasteiger partial charge on any atom is -0.362 e. The van der Waals surface area contributed by atoms with Crippen molar-refractivity contribution in [1.82, 2.24) is 5.32 Å². The van der Waals surface area contributed by atoms with Crippen LogP contribution >= 0.6 is 12.6 Å². The molecule has 3 aromatic carbocycles. The number of nitrogens with zero attached hydrogens (tertiary/aromatic N) is 2. The molecule has 4 nitrogen and oxygen atoms in total. The Morgan fingerprint density at radius 2 is 1.61 bits per heavy atom. The first-order chi connectivity index (χ1) is 16.0. The Labute approximate surface area is 196 Å². The van der Waals surface area contributed by atoms with E-state index in [1.807, 2.05) is 77.6 Å². The molecule has 1 aliphatic rings. The van der Waals surface area contributed by atoms with Crippen molar-refractivity contribution in [3.05, 3.63) is 125 Å². The Bertz CT molecular complexity index is 1400. The van der Waals surface area contributed by atoms with Gasteiger partial charge in [0.25, 0.3) is 0 Å². The van der Waals surface area contributed by atoms with Crippen LogP contribution in [-0.2, 0) is 5.72 Å². The number of rotatable bonds is 3. The molecule has 0 amide bonds. The van der Waals surface area contributed by atoms with Gasteiger partial charge in [0.05, 0.1) is 22.6 Å². The predicted molar refractivity (Wildman–Crippen MR) is 127 cm³/mol. The lowest BCUT2D eigenvalue weighted by Gasteiger charge is -2.42. The van der Waals surface area contributed by atoms with Gasteiger partial charge in [0, 0.05) is 17.0 Å². The van der Waals surface area contributed by atoms with Gasteiger partial charge in [-0.1, -0.05) is 60.7 Å². The molecule has 2 N–H and O–H groups in total. The molecule has 5 rings (SSSR count). The van der Waals surface area contributed by atoms with Crippen LogP contribution in [0.1, 0.15) is 23.1 Å². The maximum absolute atomic E-state index is 13.8. The molecule has 2 heterocycles. The van der Waals surface area contributed by atoms with Crippen molar-refractivity contribution in [3.63, 3.8) is 0 Å². The van der Waals surface area contributed by atoms with Crippen LogP contribution in [-0.4, -0.2) is 5.11 Å². The Kier molecular flexibility index (Phi) is 5.37. The standard InChI is InChI=1S/C27H20FN3OS/c28-22-12-10-19(11-13-22)24-23(16-29)26(33)30-27(32,21-8-2-1-3-9-21)25(24)31-15-14-18-6-4-5-7-20(18)17-31/h1-15,17,24-25,30,32H/p+1/t24-,25+,27+/m1/s1. The molecule has 0 fully saturated rings. The first-order valence-corrected chi connectivity index (χ1v) is 11.0. The molecular weight excluding hydrogens is 433 g/mol. The monoisotopic (exact) mass is 454 g/mol. The van der Waals surface area contributed by atoms with Gasteiger partial charge in [0.15, 0.2) is 12.4 Å². The van der Waals surface area contributed by atoms with E-state index in [1.54, 1.807) is 12.1 Å². The minimum absolute atomic E-state index is 0.288. The quantitative estimate of drug-likeness (QED) is 0.311. The maximum Gasteiger partial charge on any atom is 0.227 e. The highest BCUT2D eigenvalue weighted by Gasteiger charge is 2.55. The predicted octanol–water partition coefficient (Wildman–Crippen LogP) is 4.70. The molecule has 162 valence electrons. The molecule has 0 aliphatic carbocycles. The number of hydrogen-bond donors (Lipinski definition) is 3. The Balaban J connectivity index is 1.80. The zero-order valence-electron chi connectivity index (χ0n) is 17.6. The molecule has 0 radical (unpaired) electrons. The van der Waals surface area contributed by atoms with Crippen molar-refractivity contribution >= 4 is 23.4 Å². The molecule has 33 heavy (non-hydrogen) atoms. The lowest BCUT2D eigenvalue weighted by atomic mass is 9.75. The molecule has 6 heteroatoms. The van der Waals surface area contributed by atoms with E-state index in [0.29, 0.717) is 16.7 Å². The van der Waals surface area contributed by atoms with Crippen LogP contribution in [0.5, 0.6) is 0 Å². The van der Waals surface area contributed by atoms with Crippen molar-refractivity contribution in [2.45, 2.75) is 17.7 Å². The van der Waals surface area contributed by atoms with Gasteiger partial charge >= 0.3 is 0 Å². The number of benzene rings is 3. The van der Waals surface area contributed by atoms with E-state index >= 15 is 0 Å². The zero-order chi connectivity index (χ0) is 23.0. The molecular formula is C27H21FN3OS+. The highest BCUT2D eigenvalue weighted by atomic mass is 32.1. The number of nitriles is 1. The van der Waals surface area contributed by atoms with E-state index < -0.39 is 17.7 Å². The Morgan fingerprint density at radius 1 is 0.939 bits per heavy atom. The van der Waals surface area contributed by atoms with Crippen molar-refractivity contribution in [1.29, 1.82) is 5.26 Å². The van der Waals surface area contributed by atoms with Crippen molar-refractivity contribution < 1.29 is 14.1 Å². The Hall–Kier alpha value is -3.66. The number of fused-ring (bicyclic) bond motifs is 1. The van der Waals surface area contributed by atoms with E-state index in [1.165, 1.54) is 12.1 Å². The highest BCUT2D eigenvalue weighted by molar-refractivity contribution is 7.84. The normalized spacial score (nSPS) is 22.6. The van der Waals surface area contributed by atoms with E-state index in [-0.39, 0.29) is 10.8 Å². The van der Waals surface area contributed by atoms with Crippen LogP contribution in [0.3, 0.4) is 0 Å². The summed E-state index contributed by atoms with van der Waals surface area (Å²) in [4.78, 5) is 0. The van der Waals surface area contributed by atoms with Gasteiger partial charge in [-0.2, -0.15) is 9.83 Å². The smallest absolute Gasteiger partial charge is 0.227 e. The maximum atomic E-state index is 13.8. The second-order valence-corrected chi connectivity index (χ2v) is 8.57. The summed E-state index contributed by atoms with van der Waals surface area (Å²) in [5, 5.41) is 27.7. The summed E-state index contributed by atoms with van der Waals surface area (Å²) >= 11 is 4.54. The van der Waals surface area contributed by atoms with Gasteiger partial charge in [0.1, 0.15) is 5.82 Å².